The molecule has 188 valence electrons. The Bertz CT molecular complexity index is 1550. The summed E-state index contributed by atoms with van der Waals surface area (Å²) in [6, 6.07) is 24.6. The molecule has 2 heterocycles. The molecule has 0 spiro atoms. The molecule has 3 aromatic carbocycles. The van der Waals surface area contributed by atoms with Crippen LogP contribution in [-0.4, -0.2) is 28.3 Å². The average molecular weight is 516 g/mol. The van der Waals surface area contributed by atoms with E-state index in [2.05, 4.69) is 40.7 Å². The lowest BCUT2D eigenvalue weighted by molar-refractivity contribution is 0.187. The summed E-state index contributed by atoms with van der Waals surface area (Å²) in [5.41, 5.74) is 6.65. The lowest BCUT2D eigenvalue weighted by atomic mass is 10.0. The molecule has 0 fully saturated rings. The van der Waals surface area contributed by atoms with Crippen molar-refractivity contribution in [2.45, 2.75) is 26.5 Å². The van der Waals surface area contributed by atoms with Gasteiger partial charge in [-0.1, -0.05) is 48.0 Å². The molecule has 0 bridgehead atoms. The number of halogens is 2. The van der Waals surface area contributed by atoms with Crippen LogP contribution < -0.4 is 4.74 Å². The van der Waals surface area contributed by atoms with E-state index in [1.807, 2.05) is 30.3 Å². The zero-order chi connectivity index (χ0) is 25.8. The van der Waals surface area contributed by atoms with Gasteiger partial charge >= 0.3 is 0 Å². The summed E-state index contributed by atoms with van der Waals surface area (Å²) in [5.74, 6) is 1.04. The highest BCUT2D eigenvalue weighted by molar-refractivity contribution is 6.30. The summed E-state index contributed by atoms with van der Waals surface area (Å²) < 4.78 is 27.4. The van der Waals surface area contributed by atoms with E-state index in [4.69, 9.17) is 26.1 Å². The van der Waals surface area contributed by atoms with Crippen LogP contribution in [-0.2, 0) is 24.3 Å². The molecule has 0 atom stereocenters. The van der Waals surface area contributed by atoms with E-state index in [1.165, 1.54) is 11.6 Å². The second-order valence-corrected chi connectivity index (χ2v) is 9.30. The highest BCUT2D eigenvalue weighted by Crippen LogP contribution is 2.26. The Labute approximate surface area is 220 Å². The Morgan fingerprint density at radius 3 is 2.57 bits per heavy atom. The third-order valence-corrected chi connectivity index (χ3v) is 6.59. The molecule has 0 N–H and O–H groups in total. The molecule has 5 nitrogen and oxygen atoms in total. The zero-order valence-corrected chi connectivity index (χ0v) is 21.5. The lowest BCUT2D eigenvalue weighted by Crippen LogP contribution is -2.09. The Morgan fingerprint density at radius 2 is 1.76 bits per heavy atom. The van der Waals surface area contributed by atoms with E-state index >= 15 is 0 Å². The number of imidazole rings is 1. The fraction of sp³-hybridized carbons (Fsp3) is 0.200. The van der Waals surface area contributed by atoms with E-state index in [9.17, 15) is 4.39 Å². The monoisotopic (exact) mass is 515 g/mol. The van der Waals surface area contributed by atoms with Gasteiger partial charge in [0.15, 0.2) is 0 Å². The summed E-state index contributed by atoms with van der Waals surface area (Å²) >= 11 is 5.84. The molecule has 5 aromatic rings. The minimum absolute atomic E-state index is 0.0709. The Morgan fingerprint density at radius 1 is 0.919 bits per heavy atom. The summed E-state index contributed by atoms with van der Waals surface area (Å²) in [7, 11) is 1.71. The fourth-order valence-electron chi connectivity index (χ4n) is 4.36. The minimum atomic E-state index is -0.398. The number of nitrogens with zero attached hydrogens (tertiary/aromatic N) is 3. The molecule has 5 rings (SSSR count). The largest absolute Gasteiger partial charge is 0.473 e. The van der Waals surface area contributed by atoms with Gasteiger partial charge in [0.1, 0.15) is 18.2 Å². The van der Waals surface area contributed by atoms with Crippen LogP contribution >= 0.6 is 11.6 Å². The van der Waals surface area contributed by atoms with Gasteiger partial charge in [0, 0.05) is 42.3 Å². The normalized spacial score (nSPS) is 11.2. The van der Waals surface area contributed by atoms with Gasteiger partial charge in [0.25, 0.3) is 0 Å². The lowest BCUT2D eigenvalue weighted by Gasteiger charge is -2.12. The SMILES string of the molecule is COCCn1c(Cc2ccc(-c3cccc(OCc4ccc(Cl)cc4F)n3)cc2C)nc2ccccc21. The van der Waals surface area contributed by atoms with Crippen LogP contribution in [0, 0.1) is 12.7 Å². The van der Waals surface area contributed by atoms with Crippen LogP contribution in [0.15, 0.2) is 78.9 Å². The zero-order valence-electron chi connectivity index (χ0n) is 20.7. The second kappa shape index (κ2) is 11.1. The van der Waals surface area contributed by atoms with Crippen LogP contribution in [0.3, 0.4) is 0 Å². The quantitative estimate of drug-likeness (QED) is 0.212. The van der Waals surface area contributed by atoms with Crippen molar-refractivity contribution in [3.63, 3.8) is 0 Å². The van der Waals surface area contributed by atoms with Gasteiger partial charge in [-0.2, -0.15) is 0 Å². The minimum Gasteiger partial charge on any atom is -0.473 e. The number of ether oxygens (including phenoxy) is 2. The molecule has 0 aliphatic carbocycles. The molecule has 37 heavy (non-hydrogen) atoms. The maximum Gasteiger partial charge on any atom is 0.214 e. The van der Waals surface area contributed by atoms with Gasteiger partial charge in [-0.3, -0.25) is 0 Å². The number of rotatable bonds is 9. The molecule has 0 aliphatic rings. The summed E-state index contributed by atoms with van der Waals surface area (Å²) in [6.45, 7) is 3.55. The van der Waals surface area contributed by atoms with Crippen molar-refractivity contribution in [3.05, 3.63) is 112 Å². The number of para-hydroxylation sites is 2. The molecule has 2 aromatic heterocycles. The molecular formula is C30H27ClFN3O2. The third kappa shape index (κ3) is 5.66. The number of hydrogen-bond donors (Lipinski definition) is 0. The Hall–Kier alpha value is -3.74. The van der Waals surface area contributed by atoms with E-state index in [0.717, 1.165) is 40.2 Å². The highest BCUT2D eigenvalue weighted by Gasteiger charge is 2.13. The summed E-state index contributed by atoms with van der Waals surface area (Å²) in [5, 5.41) is 0.354. The van der Waals surface area contributed by atoms with Crippen molar-refractivity contribution < 1.29 is 13.9 Å². The van der Waals surface area contributed by atoms with Gasteiger partial charge < -0.3 is 14.0 Å². The van der Waals surface area contributed by atoms with Crippen LogP contribution in [0.4, 0.5) is 4.39 Å². The van der Waals surface area contributed by atoms with Crippen molar-refractivity contribution in [1.29, 1.82) is 0 Å². The topological polar surface area (TPSA) is 49.2 Å². The summed E-state index contributed by atoms with van der Waals surface area (Å²) in [4.78, 5) is 9.53. The van der Waals surface area contributed by atoms with Gasteiger partial charge in [-0.15, -0.1) is 0 Å². The number of aromatic nitrogens is 3. The number of benzene rings is 3. The van der Waals surface area contributed by atoms with E-state index in [-0.39, 0.29) is 6.61 Å². The maximum absolute atomic E-state index is 14.1. The van der Waals surface area contributed by atoms with Crippen molar-refractivity contribution in [1.82, 2.24) is 14.5 Å². The van der Waals surface area contributed by atoms with Gasteiger partial charge in [-0.05, 0) is 54.4 Å². The first kappa shape index (κ1) is 24.9. The Kier molecular flexibility index (Phi) is 7.49. The third-order valence-electron chi connectivity index (χ3n) is 6.35. The first-order valence-corrected chi connectivity index (χ1v) is 12.5. The maximum atomic E-state index is 14.1. The fourth-order valence-corrected chi connectivity index (χ4v) is 4.52. The number of methoxy groups -OCH3 is 1. The van der Waals surface area contributed by atoms with E-state index in [0.29, 0.717) is 29.5 Å². The molecule has 7 heteroatoms. The molecule has 0 radical (unpaired) electrons. The van der Waals surface area contributed by atoms with Crippen molar-refractivity contribution in [2.75, 3.05) is 13.7 Å². The number of fused-ring (bicyclic) bond motifs is 1. The van der Waals surface area contributed by atoms with Crippen LogP contribution in [0.2, 0.25) is 5.02 Å². The predicted octanol–water partition coefficient (Wildman–Crippen LogP) is 7.02. The molecular weight excluding hydrogens is 489 g/mol. The first-order valence-electron chi connectivity index (χ1n) is 12.1. The Balaban J connectivity index is 1.35. The van der Waals surface area contributed by atoms with E-state index in [1.54, 1.807) is 25.3 Å². The van der Waals surface area contributed by atoms with Crippen molar-refractivity contribution in [3.8, 4) is 17.1 Å². The average Bonchev–Trinajstić information content (AvgIpc) is 3.25. The van der Waals surface area contributed by atoms with Crippen molar-refractivity contribution in [2.24, 2.45) is 0 Å². The number of pyridine rings is 1. The summed E-state index contributed by atoms with van der Waals surface area (Å²) in [6.07, 6.45) is 0.716. The first-order chi connectivity index (χ1) is 18.0. The van der Waals surface area contributed by atoms with E-state index < -0.39 is 5.82 Å². The van der Waals surface area contributed by atoms with Crippen LogP contribution in [0.1, 0.15) is 22.5 Å². The molecule has 0 saturated heterocycles. The number of aryl methyl sites for hydroxylation is 1. The molecule has 0 amide bonds. The molecule has 0 aliphatic heterocycles. The molecule has 0 saturated carbocycles. The van der Waals surface area contributed by atoms with Gasteiger partial charge in [0.2, 0.25) is 5.88 Å². The standard InChI is InChI=1S/C30H27ClFN3O2/c1-20-16-22(26-7-5-9-30(34-26)37-19-23-12-13-24(31)18-25(23)32)11-10-21(20)17-29-33-27-6-3-4-8-28(27)35(29)14-15-36-2/h3-13,16,18H,14-15,17,19H2,1-2H3. The predicted molar refractivity (Wildman–Crippen MR) is 145 cm³/mol. The highest BCUT2D eigenvalue weighted by atomic mass is 35.5. The smallest absolute Gasteiger partial charge is 0.214 e. The van der Waals surface area contributed by atoms with Gasteiger partial charge in [-0.25, -0.2) is 14.4 Å². The van der Waals surface area contributed by atoms with Gasteiger partial charge in [0.05, 0.1) is 23.3 Å². The van der Waals surface area contributed by atoms with Crippen LogP contribution in [0.25, 0.3) is 22.3 Å². The second-order valence-electron chi connectivity index (χ2n) is 8.86. The number of hydrogen-bond acceptors (Lipinski definition) is 4. The van der Waals surface area contributed by atoms with Crippen molar-refractivity contribution >= 4 is 22.6 Å². The molecule has 0 unspecified atom stereocenters. The van der Waals surface area contributed by atoms with Crippen LogP contribution in [0.5, 0.6) is 5.88 Å².